The minimum absolute atomic E-state index is 0.0753. The molecular weight excluding hydrogens is 128 g/mol. The first-order valence-electron chi connectivity index (χ1n) is 3.55. The van der Waals surface area contributed by atoms with Crippen LogP contribution >= 0.6 is 0 Å². The second-order valence-corrected chi connectivity index (χ2v) is 2.85. The van der Waals surface area contributed by atoms with Crippen molar-refractivity contribution >= 4 is 5.91 Å². The molecule has 0 aromatic rings. The summed E-state index contributed by atoms with van der Waals surface area (Å²) in [5.41, 5.74) is 5.52. The van der Waals surface area contributed by atoms with Crippen LogP contribution in [0.4, 0.5) is 0 Å². The van der Waals surface area contributed by atoms with Crippen LogP contribution in [0, 0.1) is 5.92 Å². The van der Waals surface area contributed by atoms with Crippen molar-refractivity contribution in [3.63, 3.8) is 0 Å². The Hall–Kier alpha value is -0.570. The molecular formula is C7H16N2O. The summed E-state index contributed by atoms with van der Waals surface area (Å²) in [5.74, 6) is 0.404. The number of hydrogen-bond acceptors (Lipinski definition) is 2. The minimum Gasteiger partial charge on any atom is -0.358 e. The molecule has 3 nitrogen and oxygen atoms in total. The van der Waals surface area contributed by atoms with Crippen LogP contribution in [0.2, 0.25) is 0 Å². The van der Waals surface area contributed by atoms with Crippen molar-refractivity contribution in [1.29, 1.82) is 0 Å². The van der Waals surface area contributed by atoms with Gasteiger partial charge in [0, 0.05) is 7.05 Å². The van der Waals surface area contributed by atoms with Crippen LogP contribution in [0.3, 0.4) is 0 Å². The van der Waals surface area contributed by atoms with E-state index in [9.17, 15) is 4.79 Å². The van der Waals surface area contributed by atoms with Crippen LogP contribution in [-0.4, -0.2) is 19.0 Å². The lowest BCUT2D eigenvalue weighted by Crippen LogP contribution is -2.39. The smallest absolute Gasteiger partial charge is 0.236 e. The van der Waals surface area contributed by atoms with E-state index in [4.69, 9.17) is 5.73 Å². The largest absolute Gasteiger partial charge is 0.358 e. The molecule has 1 unspecified atom stereocenters. The number of carbonyl (C=O) groups is 1. The molecule has 0 aliphatic carbocycles. The highest BCUT2D eigenvalue weighted by Gasteiger charge is 2.11. The molecule has 10 heavy (non-hydrogen) atoms. The number of hydrogen-bond donors (Lipinski definition) is 2. The van der Waals surface area contributed by atoms with E-state index in [1.165, 1.54) is 0 Å². The topological polar surface area (TPSA) is 55.1 Å². The molecule has 0 bridgehead atoms. The summed E-state index contributed by atoms with van der Waals surface area (Å²) in [4.78, 5) is 10.8. The number of rotatable bonds is 3. The highest BCUT2D eigenvalue weighted by atomic mass is 16.2. The average molecular weight is 144 g/mol. The lowest BCUT2D eigenvalue weighted by molar-refractivity contribution is -0.122. The van der Waals surface area contributed by atoms with Gasteiger partial charge in [-0.3, -0.25) is 4.79 Å². The molecule has 3 heteroatoms. The van der Waals surface area contributed by atoms with Crippen LogP contribution in [0.5, 0.6) is 0 Å². The van der Waals surface area contributed by atoms with Gasteiger partial charge in [0.05, 0.1) is 6.04 Å². The number of nitrogens with two attached hydrogens (primary N) is 1. The molecule has 60 valence electrons. The van der Waals surface area contributed by atoms with Gasteiger partial charge in [0.25, 0.3) is 0 Å². The zero-order chi connectivity index (χ0) is 8.15. The lowest BCUT2D eigenvalue weighted by Gasteiger charge is -2.11. The summed E-state index contributed by atoms with van der Waals surface area (Å²) < 4.78 is 0. The Bertz CT molecular complexity index is 112. The Kier molecular flexibility index (Phi) is 4.03. The molecule has 0 aliphatic rings. The molecule has 0 fully saturated rings. The molecule has 0 aromatic heterocycles. The van der Waals surface area contributed by atoms with E-state index in [-0.39, 0.29) is 11.9 Å². The second kappa shape index (κ2) is 4.28. The third kappa shape index (κ3) is 3.45. The van der Waals surface area contributed by atoms with Gasteiger partial charge in [0.2, 0.25) is 5.91 Å². The zero-order valence-electron chi connectivity index (χ0n) is 6.85. The predicted octanol–water partition coefficient (Wildman–Crippen LogP) is 0.106. The van der Waals surface area contributed by atoms with Gasteiger partial charge < -0.3 is 11.1 Å². The molecule has 1 amide bonds. The number of carbonyl (C=O) groups excluding carboxylic acids is 1. The van der Waals surface area contributed by atoms with Gasteiger partial charge in [0.1, 0.15) is 0 Å². The standard InChI is InChI=1S/C7H16N2O/c1-5(2)4-6(8)7(10)9-3/h5-6H,4,8H2,1-3H3,(H,9,10). The average Bonchev–Trinajstić information content (AvgIpc) is 1.85. The van der Waals surface area contributed by atoms with Gasteiger partial charge in [-0.15, -0.1) is 0 Å². The molecule has 0 saturated heterocycles. The Labute approximate surface area is 62.0 Å². The fourth-order valence-electron chi connectivity index (χ4n) is 0.800. The maximum absolute atomic E-state index is 10.8. The summed E-state index contributed by atoms with van der Waals surface area (Å²) in [6.07, 6.45) is 0.750. The fourth-order valence-corrected chi connectivity index (χ4v) is 0.800. The minimum atomic E-state index is -0.343. The van der Waals surface area contributed by atoms with Crippen molar-refractivity contribution in [3.8, 4) is 0 Å². The molecule has 0 spiro atoms. The van der Waals surface area contributed by atoms with E-state index in [2.05, 4.69) is 5.32 Å². The van der Waals surface area contributed by atoms with Crippen LogP contribution in [0.25, 0.3) is 0 Å². The Morgan fingerprint density at radius 1 is 1.60 bits per heavy atom. The van der Waals surface area contributed by atoms with Crippen LogP contribution in [0.15, 0.2) is 0 Å². The molecule has 0 radical (unpaired) electrons. The van der Waals surface area contributed by atoms with Crippen molar-refractivity contribution in [2.24, 2.45) is 11.7 Å². The number of likely N-dealkylation sites (N-methyl/N-ethyl adjacent to an activating group) is 1. The normalized spacial score (nSPS) is 13.3. The highest BCUT2D eigenvalue weighted by Crippen LogP contribution is 2.01. The first kappa shape index (κ1) is 9.43. The van der Waals surface area contributed by atoms with Crippen LogP contribution in [0.1, 0.15) is 20.3 Å². The van der Waals surface area contributed by atoms with Gasteiger partial charge in [-0.1, -0.05) is 13.8 Å². The SMILES string of the molecule is CNC(=O)C(N)CC(C)C. The second-order valence-electron chi connectivity index (χ2n) is 2.85. The van der Waals surface area contributed by atoms with Crippen LogP contribution < -0.4 is 11.1 Å². The molecule has 0 aliphatic heterocycles. The summed E-state index contributed by atoms with van der Waals surface area (Å²) in [5, 5.41) is 2.51. The monoisotopic (exact) mass is 144 g/mol. The van der Waals surface area contributed by atoms with Crippen molar-refractivity contribution in [3.05, 3.63) is 0 Å². The zero-order valence-corrected chi connectivity index (χ0v) is 6.85. The van der Waals surface area contributed by atoms with Gasteiger partial charge in [-0.05, 0) is 12.3 Å². The van der Waals surface area contributed by atoms with Gasteiger partial charge in [0.15, 0.2) is 0 Å². The Balaban J connectivity index is 3.61. The van der Waals surface area contributed by atoms with Gasteiger partial charge >= 0.3 is 0 Å². The molecule has 0 heterocycles. The first-order valence-corrected chi connectivity index (χ1v) is 3.55. The van der Waals surface area contributed by atoms with Gasteiger partial charge in [-0.2, -0.15) is 0 Å². The van der Waals surface area contributed by atoms with E-state index in [0.717, 1.165) is 6.42 Å². The molecule has 3 N–H and O–H groups in total. The van der Waals surface area contributed by atoms with E-state index >= 15 is 0 Å². The van der Waals surface area contributed by atoms with Crippen molar-refractivity contribution in [2.45, 2.75) is 26.3 Å². The quantitative estimate of drug-likeness (QED) is 0.590. The number of amides is 1. The van der Waals surface area contributed by atoms with Crippen LogP contribution in [-0.2, 0) is 4.79 Å². The Morgan fingerprint density at radius 2 is 2.10 bits per heavy atom. The molecule has 0 aromatic carbocycles. The first-order chi connectivity index (χ1) is 4.57. The molecule has 0 saturated carbocycles. The lowest BCUT2D eigenvalue weighted by atomic mass is 10.0. The van der Waals surface area contributed by atoms with Crippen molar-refractivity contribution in [2.75, 3.05) is 7.05 Å². The van der Waals surface area contributed by atoms with E-state index in [0.29, 0.717) is 5.92 Å². The van der Waals surface area contributed by atoms with Crippen molar-refractivity contribution in [1.82, 2.24) is 5.32 Å². The third-order valence-corrected chi connectivity index (χ3v) is 1.31. The highest BCUT2D eigenvalue weighted by molar-refractivity contribution is 5.81. The van der Waals surface area contributed by atoms with E-state index in [1.807, 2.05) is 13.8 Å². The summed E-state index contributed by atoms with van der Waals surface area (Å²) in [6.45, 7) is 4.09. The summed E-state index contributed by atoms with van der Waals surface area (Å²) in [7, 11) is 1.60. The maximum Gasteiger partial charge on any atom is 0.236 e. The fraction of sp³-hybridized carbons (Fsp3) is 0.857. The molecule has 0 rings (SSSR count). The molecule has 1 atom stereocenters. The summed E-state index contributed by atoms with van der Waals surface area (Å²) >= 11 is 0. The van der Waals surface area contributed by atoms with E-state index < -0.39 is 0 Å². The van der Waals surface area contributed by atoms with Gasteiger partial charge in [-0.25, -0.2) is 0 Å². The third-order valence-electron chi connectivity index (χ3n) is 1.31. The maximum atomic E-state index is 10.8. The summed E-state index contributed by atoms with van der Waals surface area (Å²) in [6, 6.07) is -0.343. The predicted molar refractivity (Wildman–Crippen MR) is 41.5 cm³/mol. The Morgan fingerprint density at radius 3 is 2.40 bits per heavy atom. The number of nitrogens with one attached hydrogen (secondary N) is 1. The van der Waals surface area contributed by atoms with E-state index in [1.54, 1.807) is 7.05 Å². The van der Waals surface area contributed by atoms with Crippen molar-refractivity contribution < 1.29 is 4.79 Å².